The van der Waals surface area contributed by atoms with Gasteiger partial charge < -0.3 is 4.42 Å². The van der Waals surface area contributed by atoms with Crippen molar-refractivity contribution in [3.63, 3.8) is 0 Å². The zero-order valence-electron chi connectivity index (χ0n) is 6.52. The molecule has 0 unspecified atom stereocenters. The summed E-state index contributed by atoms with van der Waals surface area (Å²) in [5.74, 6) is -0.231. The van der Waals surface area contributed by atoms with Crippen molar-refractivity contribution < 1.29 is 9.21 Å². The van der Waals surface area contributed by atoms with E-state index in [2.05, 4.69) is 9.98 Å². The molecule has 0 radical (unpaired) electrons. The number of benzene rings is 1. The van der Waals surface area contributed by atoms with Crippen LogP contribution in [0.3, 0.4) is 0 Å². The van der Waals surface area contributed by atoms with Gasteiger partial charge in [0, 0.05) is 11.3 Å². The van der Waals surface area contributed by atoms with Gasteiger partial charge in [-0.25, -0.2) is 9.98 Å². The van der Waals surface area contributed by atoms with E-state index in [1.807, 2.05) is 0 Å². The molecule has 2 aromatic rings. The third-order valence-corrected chi connectivity index (χ3v) is 2.02. The van der Waals surface area contributed by atoms with Crippen LogP contribution in [0.5, 0.6) is 0 Å². The first-order valence-electron chi connectivity index (χ1n) is 3.81. The molecule has 1 amide bonds. The van der Waals surface area contributed by atoms with E-state index in [9.17, 15) is 4.79 Å². The summed E-state index contributed by atoms with van der Waals surface area (Å²) in [6.45, 7) is 0. The normalized spacial score (nSPS) is 14.0. The molecule has 1 aliphatic heterocycles. The van der Waals surface area contributed by atoms with Crippen LogP contribution in [0.25, 0.3) is 17.2 Å². The van der Waals surface area contributed by atoms with Crippen LogP contribution < -0.4 is 10.6 Å². The third-order valence-electron chi connectivity index (χ3n) is 2.02. The Labute approximate surface area is 72.2 Å². The average Bonchev–Trinajstić information content (AvgIpc) is 2.65. The number of fused-ring (bicyclic) bond motifs is 3. The molecule has 62 valence electrons. The van der Waals surface area contributed by atoms with Crippen molar-refractivity contribution in [2.75, 3.05) is 0 Å². The smallest absolute Gasteiger partial charge is 0.271 e. The predicted octanol–water partition coefficient (Wildman–Crippen LogP) is -0.232. The molecule has 4 nitrogen and oxygen atoms in total. The van der Waals surface area contributed by atoms with Crippen molar-refractivity contribution in [3.05, 3.63) is 29.1 Å². The molecular formula is C9H4N2O2. The number of aromatic nitrogens is 1. The van der Waals surface area contributed by atoms with Gasteiger partial charge in [-0.15, -0.1) is 0 Å². The van der Waals surface area contributed by atoms with Gasteiger partial charge in [0.1, 0.15) is 5.52 Å². The first-order valence-corrected chi connectivity index (χ1v) is 3.81. The largest absolute Gasteiger partial charge is 0.443 e. The van der Waals surface area contributed by atoms with Gasteiger partial charge in [0.2, 0.25) is 0 Å². The Morgan fingerprint density at radius 1 is 1.31 bits per heavy atom. The number of carbonyl (C=O) groups is 1. The van der Waals surface area contributed by atoms with Crippen LogP contribution in [-0.2, 0) is 4.79 Å². The number of rotatable bonds is 0. The molecule has 1 aromatic heterocycles. The first kappa shape index (κ1) is 6.54. The maximum atomic E-state index is 11.0. The molecule has 3 rings (SSSR count). The zero-order chi connectivity index (χ0) is 8.84. The van der Waals surface area contributed by atoms with E-state index < -0.39 is 0 Å². The lowest BCUT2D eigenvalue weighted by Crippen LogP contribution is -2.21. The second kappa shape index (κ2) is 2.04. The van der Waals surface area contributed by atoms with E-state index in [0.717, 1.165) is 5.22 Å². The monoisotopic (exact) mass is 172 g/mol. The minimum absolute atomic E-state index is 0.231. The molecule has 0 aliphatic carbocycles. The van der Waals surface area contributed by atoms with Crippen LogP contribution in [0.1, 0.15) is 0 Å². The van der Waals surface area contributed by atoms with E-state index in [-0.39, 0.29) is 5.91 Å². The topological polar surface area (TPSA) is 55.5 Å². The van der Waals surface area contributed by atoms with Gasteiger partial charge in [0.05, 0.1) is 5.36 Å². The summed E-state index contributed by atoms with van der Waals surface area (Å²) < 4.78 is 5.09. The van der Waals surface area contributed by atoms with E-state index >= 15 is 0 Å². The van der Waals surface area contributed by atoms with Crippen molar-refractivity contribution in [1.82, 2.24) is 4.98 Å². The molecule has 2 heterocycles. The van der Waals surface area contributed by atoms with Crippen LogP contribution in [-0.4, -0.2) is 10.9 Å². The molecule has 13 heavy (non-hydrogen) atoms. The Balaban J connectivity index is 2.69. The minimum Gasteiger partial charge on any atom is -0.443 e. The number of oxazole rings is 1. The number of hydrogen-bond acceptors (Lipinski definition) is 3. The molecule has 4 heteroatoms. The summed E-state index contributed by atoms with van der Waals surface area (Å²) >= 11 is 0. The predicted molar refractivity (Wildman–Crippen MR) is 44.3 cm³/mol. The fraction of sp³-hybridized carbons (Fsp3) is 0. The number of amides is 1. The molecule has 0 saturated carbocycles. The molecule has 0 N–H and O–H groups in total. The molecule has 1 aromatic carbocycles. The van der Waals surface area contributed by atoms with E-state index in [4.69, 9.17) is 4.42 Å². The summed E-state index contributed by atoms with van der Waals surface area (Å²) in [7, 11) is 0. The van der Waals surface area contributed by atoms with Gasteiger partial charge in [-0.05, 0) is 12.1 Å². The standard InChI is InChI=1S/C9H4N2O2/c12-8-3-5-6(11-8)1-2-7-9(5)10-4-13-7/h1-4H. The van der Waals surface area contributed by atoms with Crippen molar-refractivity contribution in [2.24, 2.45) is 4.99 Å². The SMILES string of the molecule is O=C1C=c2c(ccc3ocnc23)=N1. The van der Waals surface area contributed by atoms with E-state index in [1.54, 1.807) is 12.1 Å². The third kappa shape index (κ3) is 0.767. The van der Waals surface area contributed by atoms with Gasteiger partial charge >= 0.3 is 0 Å². The summed E-state index contributed by atoms with van der Waals surface area (Å²) in [4.78, 5) is 18.8. The average molecular weight is 172 g/mol. The van der Waals surface area contributed by atoms with Crippen molar-refractivity contribution in [1.29, 1.82) is 0 Å². The lowest BCUT2D eigenvalue weighted by molar-refractivity contribution is -0.112. The van der Waals surface area contributed by atoms with Gasteiger partial charge in [-0.3, -0.25) is 4.79 Å². The zero-order valence-corrected chi connectivity index (χ0v) is 6.52. The number of hydrogen-bond donors (Lipinski definition) is 0. The van der Waals surface area contributed by atoms with Gasteiger partial charge in [-0.2, -0.15) is 0 Å². The van der Waals surface area contributed by atoms with Gasteiger partial charge in [-0.1, -0.05) is 0 Å². The maximum absolute atomic E-state index is 11.0. The van der Waals surface area contributed by atoms with Crippen molar-refractivity contribution in [2.45, 2.75) is 0 Å². The number of carbonyl (C=O) groups excluding carboxylic acids is 1. The summed E-state index contributed by atoms with van der Waals surface area (Å²) in [6, 6.07) is 3.52. The molecule has 0 saturated heterocycles. The fourth-order valence-electron chi connectivity index (χ4n) is 1.46. The van der Waals surface area contributed by atoms with Crippen LogP contribution in [0.15, 0.2) is 27.9 Å². The van der Waals surface area contributed by atoms with Crippen LogP contribution in [0, 0.1) is 0 Å². The summed E-state index contributed by atoms with van der Waals surface area (Å²) in [6.07, 6.45) is 2.84. The Morgan fingerprint density at radius 2 is 2.23 bits per heavy atom. The fourth-order valence-corrected chi connectivity index (χ4v) is 1.46. The lowest BCUT2D eigenvalue weighted by Gasteiger charge is -1.83. The number of nitrogens with zero attached hydrogens (tertiary/aromatic N) is 2. The molecule has 0 fully saturated rings. The molecule has 0 bridgehead atoms. The Bertz CT molecular complexity index is 625. The van der Waals surface area contributed by atoms with E-state index in [0.29, 0.717) is 16.5 Å². The maximum Gasteiger partial charge on any atom is 0.271 e. The van der Waals surface area contributed by atoms with E-state index in [1.165, 1.54) is 12.5 Å². The van der Waals surface area contributed by atoms with Crippen LogP contribution in [0.2, 0.25) is 0 Å². The van der Waals surface area contributed by atoms with Crippen LogP contribution >= 0.6 is 0 Å². The Hall–Kier alpha value is -1.97. The highest BCUT2D eigenvalue weighted by Gasteiger charge is 2.08. The highest BCUT2D eigenvalue weighted by Crippen LogP contribution is 2.05. The quantitative estimate of drug-likeness (QED) is 0.551. The van der Waals surface area contributed by atoms with Gasteiger partial charge in [0.25, 0.3) is 5.91 Å². The molecule has 1 aliphatic rings. The molecule has 0 atom stereocenters. The van der Waals surface area contributed by atoms with Crippen LogP contribution in [0.4, 0.5) is 0 Å². The van der Waals surface area contributed by atoms with Crippen molar-refractivity contribution in [3.8, 4) is 0 Å². The lowest BCUT2D eigenvalue weighted by atomic mass is 10.2. The highest BCUT2D eigenvalue weighted by molar-refractivity contribution is 6.07. The summed E-state index contributed by atoms with van der Waals surface area (Å²) in [5.41, 5.74) is 1.38. The first-order chi connectivity index (χ1) is 6.34. The Morgan fingerprint density at radius 3 is 3.15 bits per heavy atom. The second-order valence-electron chi connectivity index (χ2n) is 2.79. The van der Waals surface area contributed by atoms with Gasteiger partial charge in [0.15, 0.2) is 12.0 Å². The molecule has 0 spiro atoms. The molecular weight excluding hydrogens is 168 g/mol. The second-order valence-corrected chi connectivity index (χ2v) is 2.79. The van der Waals surface area contributed by atoms with Crippen molar-refractivity contribution >= 4 is 23.1 Å². The Kier molecular flexibility index (Phi) is 1.02. The minimum atomic E-state index is -0.231. The summed E-state index contributed by atoms with van der Waals surface area (Å²) in [5, 5.41) is 1.43. The highest BCUT2D eigenvalue weighted by atomic mass is 16.3.